The van der Waals surface area contributed by atoms with Crippen molar-refractivity contribution in [2.45, 2.75) is 25.7 Å². The van der Waals surface area contributed by atoms with Crippen molar-refractivity contribution >= 4 is 24.1 Å². The van der Waals surface area contributed by atoms with Crippen LogP contribution in [0.15, 0.2) is 42.5 Å². The van der Waals surface area contributed by atoms with Gasteiger partial charge in [0.2, 0.25) is 0 Å². The molecule has 0 spiro atoms. The second kappa shape index (κ2) is 6.03. The Labute approximate surface area is 103 Å². The summed E-state index contributed by atoms with van der Waals surface area (Å²) >= 11 is 0.0163. The Kier molecular flexibility index (Phi) is 4.38. The van der Waals surface area contributed by atoms with Crippen molar-refractivity contribution in [3.8, 4) is 0 Å². The minimum absolute atomic E-state index is 0.0163. The van der Waals surface area contributed by atoms with Crippen LogP contribution in [0.2, 0.25) is 0 Å². The number of hydrogen-bond acceptors (Lipinski definition) is 1. The van der Waals surface area contributed by atoms with E-state index >= 15 is 0 Å². The van der Waals surface area contributed by atoms with Crippen molar-refractivity contribution in [1.82, 2.24) is 0 Å². The Morgan fingerprint density at radius 3 is 2.75 bits per heavy atom. The zero-order chi connectivity index (χ0) is 11.2. The van der Waals surface area contributed by atoms with E-state index in [1.807, 2.05) is 18.2 Å². The zero-order valence-corrected chi connectivity index (χ0v) is 11.0. The first-order valence-electron chi connectivity index (χ1n) is 5.75. The Balaban J connectivity index is 1.82. The van der Waals surface area contributed by atoms with E-state index in [1.165, 1.54) is 10.9 Å². The van der Waals surface area contributed by atoms with Crippen LogP contribution in [0.25, 0.3) is 0 Å². The van der Waals surface area contributed by atoms with E-state index in [2.05, 4.69) is 24.3 Å². The quantitative estimate of drug-likeness (QED) is 0.610. The maximum absolute atomic E-state index is 11.9. The molecule has 16 heavy (non-hydrogen) atoms. The third kappa shape index (κ3) is 3.62. The molecule has 0 radical (unpaired) electrons. The van der Waals surface area contributed by atoms with Gasteiger partial charge in [0, 0.05) is 0 Å². The topological polar surface area (TPSA) is 17.1 Å². The average Bonchev–Trinajstić information content (AvgIpc) is 2.31. The molecule has 0 aromatic heterocycles. The molecule has 1 nitrogen and oxygen atoms in total. The van der Waals surface area contributed by atoms with Crippen LogP contribution in [-0.2, 0) is 4.79 Å². The minimum atomic E-state index is 0.0163. The second-order valence-electron chi connectivity index (χ2n) is 4.14. The molecule has 0 saturated heterocycles. The number of carbonyl (C=O) groups is 1. The van der Waals surface area contributed by atoms with Gasteiger partial charge in [-0.25, -0.2) is 0 Å². The first-order valence-corrected chi connectivity index (χ1v) is 7.46. The summed E-state index contributed by atoms with van der Waals surface area (Å²) in [6, 6.07) is 10.1. The first-order chi connectivity index (χ1) is 7.84. The summed E-state index contributed by atoms with van der Waals surface area (Å²) in [5.74, 6) is 0.600. The molecule has 2 heteroatoms. The fourth-order valence-corrected chi connectivity index (χ4v) is 3.78. The van der Waals surface area contributed by atoms with Crippen molar-refractivity contribution in [3.63, 3.8) is 0 Å². The third-order valence-electron chi connectivity index (χ3n) is 2.81. The van der Waals surface area contributed by atoms with Crippen LogP contribution >= 0.6 is 0 Å². The molecule has 2 rings (SSSR count). The van der Waals surface area contributed by atoms with E-state index in [1.54, 1.807) is 0 Å². The monoisotopic (exact) mass is 280 g/mol. The zero-order valence-electron chi connectivity index (χ0n) is 9.26. The Hall–Kier alpha value is -0.851. The van der Waals surface area contributed by atoms with Crippen molar-refractivity contribution in [2.75, 3.05) is 0 Å². The van der Waals surface area contributed by atoms with Gasteiger partial charge in [-0.1, -0.05) is 0 Å². The summed E-state index contributed by atoms with van der Waals surface area (Å²) in [7, 11) is 0. The summed E-state index contributed by atoms with van der Waals surface area (Å²) in [4.78, 5) is 11.9. The molecule has 0 heterocycles. The summed E-state index contributed by atoms with van der Waals surface area (Å²) in [5, 5.41) is 0. The van der Waals surface area contributed by atoms with E-state index in [0.717, 1.165) is 19.3 Å². The predicted octanol–water partition coefficient (Wildman–Crippen LogP) is 2.29. The van der Waals surface area contributed by atoms with Gasteiger partial charge in [0.1, 0.15) is 0 Å². The number of rotatable bonds is 4. The number of hydrogen-bond donors (Lipinski definition) is 0. The molecule has 1 aliphatic carbocycles. The summed E-state index contributed by atoms with van der Waals surface area (Å²) in [5.41, 5.74) is 0. The first kappa shape index (κ1) is 11.6. The van der Waals surface area contributed by atoms with Gasteiger partial charge >= 0.3 is 103 Å². The molecule has 84 valence electrons. The van der Waals surface area contributed by atoms with Gasteiger partial charge in [-0.3, -0.25) is 0 Å². The molecule has 0 N–H and O–H groups in total. The van der Waals surface area contributed by atoms with Gasteiger partial charge in [0.25, 0.3) is 0 Å². The molecular formula is C14H16OSe. The van der Waals surface area contributed by atoms with Crippen molar-refractivity contribution in [3.05, 3.63) is 42.5 Å². The van der Waals surface area contributed by atoms with Gasteiger partial charge in [0.05, 0.1) is 0 Å². The van der Waals surface area contributed by atoms with E-state index in [4.69, 9.17) is 0 Å². The maximum atomic E-state index is 11.9. The predicted molar refractivity (Wildman–Crippen MR) is 67.9 cm³/mol. The standard InChI is InChI=1S/C14H16OSe/c15-14(11-12-7-3-1-4-8-12)16-13-9-5-2-6-10-13/h1-3,5-6,9-10,12H,4,7-8,11H2. The molecule has 1 aliphatic rings. The van der Waals surface area contributed by atoms with Crippen molar-refractivity contribution in [2.24, 2.45) is 5.92 Å². The van der Waals surface area contributed by atoms with Crippen molar-refractivity contribution < 1.29 is 4.79 Å². The van der Waals surface area contributed by atoms with Gasteiger partial charge in [-0.15, -0.1) is 0 Å². The molecule has 1 aromatic carbocycles. The molecule has 0 amide bonds. The van der Waals surface area contributed by atoms with E-state index in [0.29, 0.717) is 10.6 Å². The van der Waals surface area contributed by atoms with Gasteiger partial charge in [0.15, 0.2) is 0 Å². The Bertz CT molecular complexity index is 370. The van der Waals surface area contributed by atoms with Gasteiger partial charge in [-0.05, 0) is 0 Å². The normalized spacial score (nSPS) is 19.6. The second-order valence-corrected chi connectivity index (χ2v) is 6.51. The summed E-state index contributed by atoms with van der Waals surface area (Å²) in [6.45, 7) is 0. The van der Waals surface area contributed by atoms with Crippen molar-refractivity contribution in [1.29, 1.82) is 0 Å². The van der Waals surface area contributed by atoms with Crippen LogP contribution in [-0.4, -0.2) is 19.6 Å². The number of allylic oxidation sites excluding steroid dienone is 2. The number of carbonyl (C=O) groups excluding carboxylic acids is 1. The van der Waals surface area contributed by atoms with Crippen LogP contribution in [0.5, 0.6) is 0 Å². The summed E-state index contributed by atoms with van der Waals surface area (Å²) < 4.78 is 1.64. The fraction of sp³-hybridized carbons (Fsp3) is 0.357. The molecule has 0 saturated carbocycles. The molecule has 1 unspecified atom stereocenters. The molecule has 1 aromatic rings. The molecule has 0 bridgehead atoms. The third-order valence-corrected chi connectivity index (χ3v) is 4.70. The average molecular weight is 279 g/mol. The molecule has 1 atom stereocenters. The SMILES string of the molecule is O=C(CC1CC=CCC1)[Se]c1ccccc1. The van der Waals surface area contributed by atoms with E-state index < -0.39 is 0 Å². The van der Waals surface area contributed by atoms with Crippen LogP contribution in [0.1, 0.15) is 25.7 Å². The van der Waals surface area contributed by atoms with Crippen LogP contribution in [0, 0.1) is 5.92 Å². The Morgan fingerprint density at radius 1 is 1.25 bits per heavy atom. The Morgan fingerprint density at radius 2 is 2.06 bits per heavy atom. The van der Waals surface area contributed by atoms with Crippen LogP contribution < -0.4 is 4.46 Å². The van der Waals surface area contributed by atoms with Gasteiger partial charge in [-0.2, -0.15) is 0 Å². The van der Waals surface area contributed by atoms with Gasteiger partial charge < -0.3 is 0 Å². The molecule has 0 fully saturated rings. The fourth-order valence-electron chi connectivity index (χ4n) is 1.94. The molecular weight excluding hydrogens is 263 g/mol. The van der Waals surface area contributed by atoms with E-state index in [-0.39, 0.29) is 15.0 Å². The summed E-state index contributed by atoms with van der Waals surface area (Å²) in [6.07, 6.45) is 8.65. The van der Waals surface area contributed by atoms with Crippen LogP contribution in [0.3, 0.4) is 0 Å². The number of benzene rings is 1. The van der Waals surface area contributed by atoms with E-state index in [9.17, 15) is 4.79 Å². The van der Waals surface area contributed by atoms with Crippen LogP contribution in [0.4, 0.5) is 0 Å². The molecule has 0 aliphatic heterocycles.